The lowest BCUT2D eigenvalue weighted by atomic mass is 9.97. The van der Waals surface area contributed by atoms with Gasteiger partial charge in [-0.05, 0) is 30.4 Å². The first-order chi connectivity index (χ1) is 10.0. The summed E-state index contributed by atoms with van der Waals surface area (Å²) in [6, 6.07) is 7.09. The van der Waals surface area contributed by atoms with E-state index in [4.69, 9.17) is 0 Å². The molecule has 1 aliphatic rings. The Labute approximate surface area is 127 Å². The fraction of sp³-hybridized carbons (Fsp3) is 0.556. The maximum Gasteiger partial charge on any atom is 0.261 e. The van der Waals surface area contributed by atoms with E-state index in [1.54, 1.807) is 12.1 Å². The summed E-state index contributed by atoms with van der Waals surface area (Å²) in [4.78, 5) is 25.9. The molecule has 1 heterocycles. The van der Waals surface area contributed by atoms with E-state index >= 15 is 0 Å². The third kappa shape index (κ3) is 3.72. The van der Waals surface area contributed by atoms with Crippen molar-refractivity contribution in [1.82, 2.24) is 4.90 Å². The van der Waals surface area contributed by atoms with Gasteiger partial charge in [0.15, 0.2) is 0 Å². The highest BCUT2D eigenvalue weighted by Crippen LogP contribution is 2.24. The predicted molar refractivity (Wildman–Crippen MR) is 84.3 cm³/mol. The Morgan fingerprint density at radius 3 is 2.00 bits per heavy atom. The molecule has 0 spiro atoms. The number of hydrogen-bond acceptors (Lipinski definition) is 2. The molecule has 0 saturated heterocycles. The summed E-state index contributed by atoms with van der Waals surface area (Å²) in [6.45, 7) is 7.22. The van der Waals surface area contributed by atoms with Crippen molar-refractivity contribution >= 4 is 11.8 Å². The molecule has 0 radical (unpaired) electrons. The van der Waals surface area contributed by atoms with E-state index in [1.165, 1.54) is 24.2 Å². The fourth-order valence-corrected chi connectivity index (χ4v) is 2.81. The SMILES string of the molecule is CC(C)CCCC(C)CCN1C(=O)c2ccccc2C1=O. The maximum atomic E-state index is 12.2. The second-order valence-corrected chi connectivity index (χ2v) is 6.53. The van der Waals surface area contributed by atoms with Crippen LogP contribution in [0.2, 0.25) is 0 Å². The molecule has 0 aliphatic carbocycles. The molecule has 2 amide bonds. The molecular weight excluding hydrogens is 262 g/mol. The number of hydrogen-bond donors (Lipinski definition) is 0. The average Bonchev–Trinajstić information content (AvgIpc) is 2.69. The van der Waals surface area contributed by atoms with Crippen LogP contribution in [0.3, 0.4) is 0 Å². The van der Waals surface area contributed by atoms with E-state index in [1.807, 2.05) is 12.1 Å². The van der Waals surface area contributed by atoms with Crippen LogP contribution in [0.25, 0.3) is 0 Å². The number of carbonyl (C=O) groups excluding carboxylic acids is 2. The summed E-state index contributed by atoms with van der Waals surface area (Å²) >= 11 is 0. The minimum absolute atomic E-state index is 0.134. The van der Waals surface area contributed by atoms with Gasteiger partial charge in [-0.2, -0.15) is 0 Å². The minimum atomic E-state index is -0.134. The lowest BCUT2D eigenvalue weighted by molar-refractivity contribution is 0.0646. The maximum absolute atomic E-state index is 12.2. The highest BCUT2D eigenvalue weighted by atomic mass is 16.2. The molecule has 0 bridgehead atoms. The zero-order valence-electron chi connectivity index (χ0n) is 13.3. The van der Waals surface area contributed by atoms with Crippen LogP contribution in [-0.2, 0) is 0 Å². The Morgan fingerprint density at radius 2 is 1.48 bits per heavy atom. The highest BCUT2D eigenvalue weighted by Gasteiger charge is 2.34. The molecule has 0 fully saturated rings. The smallest absolute Gasteiger partial charge is 0.261 e. The number of fused-ring (bicyclic) bond motifs is 1. The van der Waals surface area contributed by atoms with Crippen LogP contribution in [-0.4, -0.2) is 23.3 Å². The van der Waals surface area contributed by atoms with Crippen molar-refractivity contribution in [1.29, 1.82) is 0 Å². The van der Waals surface area contributed by atoms with Crippen LogP contribution in [0.5, 0.6) is 0 Å². The number of rotatable bonds is 7. The summed E-state index contributed by atoms with van der Waals surface area (Å²) in [5, 5.41) is 0. The van der Waals surface area contributed by atoms with E-state index in [-0.39, 0.29) is 11.8 Å². The van der Waals surface area contributed by atoms with Crippen molar-refractivity contribution in [2.45, 2.75) is 46.5 Å². The zero-order chi connectivity index (χ0) is 15.4. The highest BCUT2D eigenvalue weighted by molar-refractivity contribution is 6.21. The molecule has 0 aromatic heterocycles. The molecule has 114 valence electrons. The van der Waals surface area contributed by atoms with Gasteiger partial charge in [-0.15, -0.1) is 0 Å². The Bertz CT molecular complexity index is 487. The normalized spacial score (nSPS) is 15.7. The van der Waals surface area contributed by atoms with Gasteiger partial charge in [0.05, 0.1) is 11.1 Å². The van der Waals surface area contributed by atoms with Crippen molar-refractivity contribution in [2.24, 2.45) is 11.8 Å². The van der Waals surface area contributed by atoms with Crippen molar-refractivity contribution < 1.29 is 9.59 Å². The Kier molecular flexibility index (Phi) is 5.16. The van der Waals surface area contributed by atoms with E-state index < -0.39 is 0 Å². The molecule has 1 aliphatic heterocycles. The van der Waals surface area contributed by atoms with E-state index in [9.17, 15) is 9.59 Å². The van der Waals surface area contributed by atoms with Gasteiger partial charge < -0.3 is 0 Å². The van der Waals surface area contributed by atoms with Gasteiger partial charge in [-0.25, -0.2) is 0 Å². The standard InChI is InChI=1S/C18H25NO2/c1-13(2)7-6-8-14(3)11-12-19-17(20)15-9-4-5-10-16(15)18(19)21/h4-5,9-10,13-14H,6-8,11-12H2,1-3H3. The third-order valence-electron chi connectivity index (χ3n) is 4.20. The summed E-state index contributed by atoms with van der Waals surface area (Å²) in [6.07, 6.45) is 4.53. The molecule has 0 saturated carbocycles. The second kappa shape index (κ2) is 6.88. The number of imide groups is 1. The summed E-state index contributed by atoms with van der Waals surface area (Å²) in [7, 11) is 0. The predicted octanol–water partition coefficient (Wildman–Crippen LogP) is 4.14. The van der Waals surface area contributed by atoms with Crippen LogP contribution < -0.4 is 0 Å². The van der Waals surface area contributed by atoms with Gasteiger partial charge >= 0.3 is 0 Å². The minimum Gasteiger partial charge on any atom is -0.274 e. The van der Waals surface area contributed by atoms with E-state index in [0.29, 0.717) is 23.6 Å². The van der Waals surface area contributed by atoms with Crippen LogP contribution in [0.4, 0.5) is 0 Å². The molecule has 21 heavy (non-hydrogen) atoms. The van der Waals surface area contributed by atoms with Gasteiger partial charge in [0.1, 0.15) is 0 Å². The third-order valence-corrected chi connectivity index (χ3v) is 4.20. The molecule has 1 unspecified atom stereocenters. The van der Waals surface area contributed by atoms with Crippen molar-refractivity contribution in [3.05, 3.63) is 35.4 Å². The molecule has 1 atom stereocenters. The van der Waals surface area contributed by atoms with E-state index in [0.717, 1.165) is 12.3 Å². The quantitative estimate of drug-likeness (QED) is 0.707. The van der Waals surface area contributed by atoms with Crippen LogP contribution in [0.1, 0.15) is 67.2 Å². The lowest BCUT2D eigenvalue weighted by Crippen LogP contribution is -2.31. The molecule has 0 N–H and O–H groups in total. The molecule has 2 rings (SSSR count). The van der Waals surface area contributed by atoms with Crippen molar-refractivity contribution in [2.75, 3.05) is 6.54 Å². The molecule has 3 heteroatoms. The molecule has 1 aromatic carbocycles. The van der Waals surface area contributed by atoms with Gasteiger partial charge in [0.25, 0.3) is 11.8 Å². The second-order valence-electron chi connectivity index (χ2n) is 6.53. The van der Waals surface area contributed by atoms with E-state index in [2.05, 4.69) is 20.8 Å². The number of benzene rings is 1. The molecule has 3 nitrogen and oxygen atoms in total. The number of carbonyl (C=O) groups is 2. The van der Waals surface area contributed by atoms with Crippen LogP contribution in [0.15, 0.2) is 24.3 Å². The topological polar surface area (TPSA) is 37.4 Å². The summed E-state index contributed by atoms with van der Waals surface area (Å²) in [5.74, 6) is 1.02. The Morgan fingerprint density at radius 1 is 0.905 bits per heavy atom. The summed E-state index contributed by atoms with van der Waals surface area (Å²) in [5.41, 5.74) is 1.10. The molecular formula is C18H25NO2. The first-order valence-electron chi connectivity index (χ1n) is 7.96. The largest absolute Gasteiger partial charge is 0.274 e. The molecule has 1 aromatic rings. The summed E-state index contributed by atoms with van der Waals surface area (Å²) < 4.78 is 0. The van der Waals surface area contributed by atoms with Crippen molar-refractivity contribution in [3.8, 4) is 0 Å². The Balaban J connectivity index is 1.85. The fourth-order valence-electron chi connectivity index (χ4n) is 2.81. The van der Waals surface area contributed by atoms with Crippen LogP contribution >= 0.6 is 0 Å². The number of amides is 2. The zero-order valence-corrected chi connectivity index (χ0v) is 13.3. The monoisotopic (exact) mass is 287 g/mol. The van der Waals surface area contributed by atoms with Gasteiger partial charge in [0, 0.05) is 6.54 Å². The lowest BCUT2D eigenvalue weighted by Gasteiger charge is -2.17. The van der Waals surface area contributed by atoms with Gasteiger partial charge in [-0.1, -0.05) is 52.2 Å². The van der Waals surface area contributed by atoms with Crippen molar-refractivity contribution in [3.63, 3.8) is 0 Å². The van der Waals surface area contributed by atoms with Gasteiger partial charge in [-0.3, -0.25) is 14.5 Å². The Hall–Kier alpha value is -1.64. The first-order valence-corrected chi connectivity index (χ1v) is 7.96. The first kappa shape index (κ1) is 15.7. The number of nitrogens with zero attached hydrogens (tertiary/aromatic N) is 1. The average molecular weight is 287 g/mol. The van der Waals surface area contributed by atoms with Crippen LogP contribution in [0, 0.1) is 11.8 Å². The van der Waals surface area contributed by atoms with Gasteiger partial charge in [0.2, 0.25) is 0 Å².